The van der Waals surface area contributed by atoms with Crippen LogP contribution in [-0.4, -0.2) is 18.1 Å². The first-order valence-corrected chi connectivity index (χ1v) is 8.22. The highest BCUT2D eigenvalue weighted by molar-refractivity contribution is 7.99. The van der Waals surface area contributed by atoms with Crippen LogP contribution in [0.2, 0.25) is 0 Å². The minimum Gasteiger partial charge on any atom is -0.310 e. The standard InChI is InChI=1S/C16H27NS/c1-5-17-16(12-18-6-2)15-9-7-14(8-10-15)11-13(3)4/h7-10,13,16-17H,5-6,11-12H2,1-4H3. The highest BCUT2D eigenvalue weighted by atomic mass is 32.2. The Kier molecular flexibility index (Phi) is 7.45. The molecule has 18 heavy (non-hydrogen) atoms. The van der Waals surface area contributed by atoms with Gasteiger partial charge in [0.15, 0.2) is 0 Å². The second-order valence-corrected chi connectivity index (χ2v) is 6.43. The van der Waals surface area contributed by atoms with E-state index in [1.54, 1.807) is 0 Å². The Hall–Kier alpha value is -0.470. The lowest BCUT2D eigenvalue weighted by Gasteiger charge is -2.18. The monoisotopic (exact) mass is 265 g/mol. The van der Waals surface area contributed by atoms with E-state index in [1.807, 2.05) is 11.8 Å². The second-order valence-electron chi connectivity index (χ2n) is 5.11. The maximum atomic E-state index is 3.57. The SMILES string of the molecule is CCNC(CSCC)c1ccc(CC(C)C)cc1. The van der Waals surface area contributed by atoms with E-state index in [-0.39, 0.29) is 0 Å². The molecule has 0 fully saturated rings. The lowest BCUT2D eigenvalue weighted by molar-refractivity contribution is 0.605. The lowest BCUT2D eigenvalue weighted by atomic mass is 10.00. The molecule has 1 N–H and O–H groups in total. The summed E-state index contributed by atoms with van der Waals surface area (Å²) in [6, 6.07) is 9.66. The van der Waals surface area contributed by atoms with Crippen molar-refractivity contribution in [2.45, 2.75) is 40.2 Å². The van der Waals surface area contributed by atoms with Crippen LogP contribution in [0.5, 0.6) is 0 Å². The lowest BCUT2D eigenvalue weighted by Crippen LogP contribution is -2.23. The quantitative estimate of drug-likeness (QED) is 0.752. The molecule has 0 aliphatic rings. The summed E-state index contributed by atoms with van der Waals surface area (Å²) in [4.78, 5) is 0. The third-order valence-corrected chi connectivity index (χ3v) is 3.94. The van der Waals surface area contributed by atoms with Gasteiger partial charge in [-0.2, -0.15) is 11.8 Å². The molecule has 1 rings (SSSR count). The van der Waals surface area contributed by atoms with E-state index < -0.39 is 0 Å². The summed E-state index contributed by atoms with van der Waals surface area (Å²) in [5.41, 5.74) is 2.87. The van der Waals surface area contributed by atoms with Crippen LogP contribution in [0, 0.1) is 5.92 Å². The van der Waals surface area contributed by atoms with Gasteiger partial charge in [-0.1, -0.05) is 52.0 Å². The van der Waals surface area contributed by atoms with Crippen LogP contribution in [0.3, 0.4) is 0 Å². The van der Waals surface area contributed by atoms with Crippen LogP contribution in [-0.2, 0) is 6.42 Å². The zero-order valence-corrected chi connectivity index (χ0v) is 13.0. The Labute approximate surface area is 117 Å². The third kappa shape index (κ3) is 5.45. The summed E-state index contributed by atoms with van der Waals surface area (Å²) >= 11 is 2.00. The van der Waals surface area contributed by atoms with E-state index in [0.717, 1.165) is 18.2 Å². The van der Waals surface area contributed by atoms with E-state index in [2.05, 4.69) is 57.3 Å². The molecule has 102 valence electrons. The van der Waals surface area contributed by atoms with Gasteiger partial charge in [-0.25, -0.2) is 0 Å². The first-order valence-electron chi connectivity index (χ1n) is 7.07. The molecule has 0 heterocycles. The Morgan fingerprint density at radius 2 is 1.78 bits per heavy atom. The highest BCUT2D eigenvalue weighted by Crippen LogP contribution is 2.19. The van der Waals surface area contributed by atoms with Crippen molar-refractivity contribution in [1.82, 2.24) is 5.32 Å². The smallest absolute Gasteiger partial charge is 0.0411 e. The van der Waals surface area contributed by atoms with Gasteiger partial charge in [0.1, 0.15) is 0 Å². The summed E-state index contributed by atoms with van der Waals surface area (Å²) in [7, 11) is 0. The average Bonchev–Trinajstić information content (AvgIpc) is 2.35. The number of hydrogen-bond acceptors (Lipinski definition) is 2. The molecule has 0 amide bonds. The summed E-state index contributed by atoms with van der Waals surface area (Å²) in [5.74, 6) is 3.08. The predicted molar refractivity (Wildman–Crippen MR) is 84.4 cm³/mol. The van der Waals surface area contributed by atoms with E-state index >= 15 is 0 Å². The summed E-state index contributed by atoms with van der Waals surface area (Å²) < 4.78 is 0. The third-order valence-electron chi connectivity index (χ3n) is 2.97. The summed E-state index contributed by atoms with van der Waals surface area (Å²) in [6.07, 6.45) is 1.18. The van der Waals surface area contributed by atoms with E-state index in [1.165, 1.54) is 23.3 Å². The summed E-state index contributed by atoms with van der Waals surface area (Å²) in [5, 5.41) is 3.57. The Balaban J connectivity index is 2.67. The molecule has 1 atom stereocenters. The Morgan fingerprint density at radius 3 is 2.28 bits per heavy atom. The number of thioether (sulfide) groups is 1. The van der Waals surface area contributed by atoms with Crippen molar-refractivity contribution in [3.05, 3.63) is 35.4 Å². The summed E-state index contributed by atoms with van der Waals surface area (Å²) in [6.45, 7) is 9.97. The van der Waals surface area contributed by atoms with Gasteiger partial charge in [-0.05, 0) is 35.8 Å². The molecule has 0 radical (unpaired) electrons. The molecule has 1 aromatic carbocycles. The molecule has 0 aliphatic heterocycles. The molecule has 1 nitrogen and oxygen atoms in total. The molecule has 0 spiro atoms. The van der Waals surface area contributed by atoms with Crippen molar-refractivity contribution < 1.29 is 0 Å². The second kappa shape index (κ2) is 8.60. The zero-order chi connectivity index (χ0) is 13.4. The van der Waals surface area contributed by atoms with Gasteiger partial charge in [-0.15, -0.1) is 0 Å². The van der Waals surface area contributed by atoms with Gasteiger partial charge >= 0.3 is 0 Å². The molecule has 0 bridgehead atoms. The largest absolute Gasteiger partial charge is 0.310 e. The fourth-order valence-electron chi connectivity index (χ4n) is 2.11. The molecule has 2 heteroatoms. The maximum Gasteiger partial charge on any atom is 0.0411 e. The van der Waals surface area contributed by atoms with Gasteiger partial charge < -0.3 is 5.32 Å². The highest BCUT2D eigenvalue weighted by Gasteiger charge is 2.09. The van der Waals surface area contributed by atoms with E-state index in [4.69, 9.17) is 0 Å². The molecule has 0 aliphatic carbocycles. The first-order chi connectivity index (χ1) is 8.67. The van der Waals surface area contributed by atoms with E-state index in [9.17, 15) is 0 Å². The normalized spacial score (nSPS) is 12.9. The first kappa shape index (κ1) is 15.6. The van der Waals surface area contributed by atoms with Gasteiger partial charge in [0.25, 0.3) is 0 Å². The maximum absolute atomic E-state index is 3.57. The molecular weight excluding hydrogens is 238 g/mol. The Morgan fingerprint density at radius 1 is 1.11 bits per heavy atom. The van der Waals surface area contributed by atoms with Crippen molar-refractivity contribution in [1.29, 1.82) is 0 Å². The number of nitrogens with one attached hydrogen (secondary N) is 1. The van der Waals surface area contributed by atoms with Crippen LogP contribution < -0.4 is 5.32 Å². The van der Waals surface area contributed by atoms with Crippen LogP contribution in [0.15, 0.2) is 24.3 Å². The van der Waals surface area contributed by atoms with Crippen molar-refractivity contribution in [2.24, 2.45) is 5.92 Å². The van der Waals surface area contributed by atoms with Crippen molar-refractivity contribution in [2.75, 3.05) is 18.1 Å². The molecule has 0 saturated carbocycles. The minimum absolute atomic E-state index is 0.494. The zero-order valence-electron chi connectivity index (χ0n) is 12.2. The fraction of sp³-hybridized carbons (Fsp3) is 0.625. The number of hydrogen-bond donors (Lipinski definition) is 1. The molecule has 0 saturated heterocycles. The topological polar surface area (TPSA) is 12.0 Å². The predicted octanol–water partition coefficient (Wildman–Crippen LogP) is 4.29. The van der Waals surface area contributed by atoms with Gasteiger partial charge in [0, 0.05) is 11.8 Å². The Bertz CT molecular complexity index is 318. The minimum atomic E-state index is 0.494. The van der Waals surface area contributed by atoms with Crippen LogP contribution >= 0.6 is 11.8 Å². The number of rotatable bonds is 8. The van der Waals surface area contributed by atoms with Crippen LogP contribution in [0.4, 0.5) is 0 Å². The molecule has 1 unspecified atom stereocenters. The van der Waals surface area contributed by atoms with Crippen LogP contribution in [0.1, 0.15) is 44.9 Å². The molecule has 0 aromatic heterocycles. The average molecular weight is 265 g/mol. The van der Waals surface area contributed by atoms with Gasteiger partial charge in [-0.3, -0.25) is 0 Å². The van der Waals surface area contributed by atoms with E-state index in [0.29, 0.717) is 6.04 Å². The van der Waals surface area contributed by atoms with Crippen molar-refractivity contribution >= 4 is 11.8 Å². The fourth-order valence-corrected chi connectivity index (χ4v) is 2.89. The van der Waals surface area contributed by atoms with Crippen molar-refractivity contribution in [3.8, 4) is 0 Å². The van der Waals surface area contributed by atoms with Crippen LogP contribution in [0.25, 0.3) is 0 Å². The van der Waals surface area contributed by atoms with Crippen molar-refractivity contribution in [3.63, 3.8) is 0 Å². The molecular formula is C16H27NS. The molecule has 1 aromatic rings. The van der Waals surface area contributed by atoms with Gasteiger partial charge in [0.2, 0.25) is 0 Å². The van der Waals surface area contributed by atoms with Gasteiger partial charge in [0.05, 0.1) is 0 Å². The number of benzene rings is 1.